The SMILES string of the molecule is CC(C)(C)OC(=O)N1CCN(Cc2ccc(Cl)c(Br)c2)CC12CC2. The third-order valence-corrected chi connectivity index (χ3v) is 5.78. The molecular weight excluding hydrogens is 392 g/mol. The predicted molar refractivity (Wildman–Crippen MR) is 99.3 cm³/mol. The molecule has 1 saturated carbocycles. The van der Waals surface area contributed by atoms with E-state index < -0.39 is 5.60 Å². The number of hydrogen-bond acceptors (Lipinski definition) is 3. The fourth-order valence-corrected chi connectivity index (χ4v) is 3.81. The van der Waals surface area contributed by atoms with Crippen molar-refractivity contribution in [1.29, 1.82) is 0 Å². The first-order chi connectivity index (χ1) is 11.2. The van der Waals surface area contributed by atoms with Gasteiger partial charge in [-0.05, 0) is 67.2 Å². The van der Waals surface area contributed by atoms with Gasteiger partial charge in [-0.15, -0.1) is 0 Å². The van der Waals surface area contributed by atoms with Gasteiger partial charge in [-0.25, -0.2) is 4.79 Å². The van der Waals surface area contributed by atoms with Gasteiger partial charge in [-0.1, -0.05) is 17.7 Å². The second-order valence-electron chi connectivity index (χ2n) is 7.82. The summed E-state index contributed by atoms with van der Waals surface area (Å²) in [5.41, 5.74) is 0.761. The number of amides is 1. The minimum absolute atomic E-state index is 0.0236. The van der Waals surface area contributed by atoms with E-state index in [1.807, 2.05) is 31.7 Å². The van der Waals surface area contributed by atoms with Crippen LogP contribution in [0.3, 0.4) is 0 Å². The van der Waals surface area contributed by atoms with Crippen molar-refractivity contribution in [3.05, 3.63) is 33.3 Å². The number of hydrogen-bond donors (Lipinski definition) is 0. The van der Waals surface area contributed by atoms with E-state index in [-0.39, 0.29) is 11.6 Å². The molecule has 1 amide bonds. The molecule has 0 N–H and O–H groups in total. The van der Waals surface area contributed by atoms with E-state index in [9.17, 15) is 4.79 Å². The first-order valence-corrected chi connectivity index (χ1v) is 9.53. The highest BCUT2D eigenvalue weighted by atomic mass is 79.9. The number of benzene rings is 1. The summed E-state index contributed by atoms with van der Waals surface area (Å²) < 4.78 is 6.51. The molecule has 6 heteroatoms. The normalized spacial score (nSPS) is 20.3. The van der Waals surface area contributed by atoms with E-state index in [1.165, 1.54) is 5.56 Å². The molecule has 0 atom stereocenters. The molecule has 24 heavy (non-hydrogen) atoms. The van der Waals surface area contributed by atoms with Crippen LogP contribution in [-0.2, 0) is 11.3 Å². The van der Waals surface area contributed by atoms with Crippen molar-refractivity contribution in [2.24, 2.45) is 0 Å². The standard InChI is InChI=1S/C18H24BrClN2O2/c1-17(2,3)24-16(23)22-9-8-21(12-18(22)6-7-18)11-13-4-5-15(20)14(19)10-13/h4-5,10H,6-9,11-12H2,1-3H3. The fraction of sp³-hybridized carbons (Fsp3) is 0.611. The zero-order chi connectivity index (χ0) is 17.5. The van der Waals surface area contributed by atoms with E-state index >= 15 is 0 Å². The van der Waals surface area contributed by atoms with Gasteiger partial charge < -0.3 is 4.74 Å². The van der Waals surface area contributed by atoms with Crippen LogP contribution in [-0.4, -0.2) is 46.7 Å². The molecule has 1 saturated heterocycles. The van der Waals surface area contributed by atoms with E-state index in [0.29, 0.717) is 0 Å². The largest absolute Gasteiger partial charge is 0.444 e. The molecule has 1 aliphatic heterocycles. The molecule has 4 nitrogen and oxygen atoms in total. The summed E-state index contributed by atoms with van der Waals surface area (Å²) in [4.78, 5) is 16.9. The lowest BCUT2D eigenvalue weighted by molar-refractivity contribution is -0.00808. The van der Waals surface area contributed by atoms with Gasteiger partial charge in [0.25, 0.3) is 0 Å². The average Bonchev–Trinajstić information content (AvgIpc) is 3.21. The van der Waals surface area contributed by atoms with Crippen LogP contribution in [0.4, 0.5) is 4.79 Å². The minimum atomic E-state index is -0.445. The highest BCUT2D eigenvalue weighted by Gasteiger charge is 2.54. The summed E-state index contributed by atoms with van der Waals surface area (Å²) in [7, 11) is 0. The molecule has 0 bridgehead atoms. The smallest absolute Gasteiger partial charge is 0.410 e. The van der Waals surface area contributed by atoms with Crippen LogP contribution in [0.25, 0.3) is 0 Å². The van der Waals surface area contributed by atoms with Gasteiger partial charge in [0.2, 0.25) is 0 Å². The van der Waals surface area contributed by atoms with Crippen molar-refractivity contribution >= 4 is 33.6 Å². The van der Waals surface area contributed by atoms with Crippen molar-refractivity contribution in [1.82, 2.24) is 9.80 Å². The van der Waals surface area contributed by atoms with Gasteiger partial charge in [0, 0.05) is 30.7 Å². The van der Waals surface area contributed by atoms with Crippen LogP contribution < -0.4 is 0 Å². The molecule has 2 fully saturated rings. The van der Waals surface area contributed by atoms with Crippen LogP contribution in [0.1, 0.15) is 39.2 Å². The summed E-state index contributed by atoms with van der Waals surface area (Å²) in [5.74, 6) is 0. The van der Waals surface area contributed by atoms with Gasteiger partial charge in [-0.2, -0.15) is 0 Å². The van der Waals surface area contributed by atoms with Crippen LogP contribution in [0.15, 0.2) is 22.7 Å². The lowest BCUT2D eigenvalue weighted by Crippen LogP contribution is -2.57. The molecule has 132 valence electrons. The highest BCUT2D eigenvalue weighted by Crippen LogP contribution is 2.45. The fourth-order valence-electron chi connectivity index (χ4n) is 3.26. The van der Waals surface area contributed by atoms with Crippen LogP contribution >= 0.6 is 27.5 Å². The number of piperazine rings is 1. The van der Waals surface area contributed by atoms with Crippen molar-refractivity contribution in [2.45, 2.75) is 51.3 Å². The Morgan fingerprint density at radius 3 is 2.62 bits per heavy atom. The van der Waals surface area contributed by atoms with E-state index in [4.69, 9.17) is 16.3 Å². The van der Waals surface area contributed by atoms with Crippen LogP contribution in [0, 0.1) is 0 Å². The molecule has 2 aliphatic rings. The summed E-state index contributed by atoms with van der Waals surface area (Å²) >= 11 is 9.55. The Balaban J connectivity index is 1.64. The van der Waals surface area contributed by atoms with E-state index in [2.05, 4.69) is 33.0 Å². The zero-order valence-corrected chi connectivity index (χ0v) is 16.8. The number of carbonyl (C=O) groups excluding carboxylic acids is 1. The molecular formula is C18H24BrClN2O2. The van der Waals surface area contributed by atoms with E-state index in [0.717, 1.165) is 48.5 Å². The summed E-state index contributed by atoms with van der Waals surface area (Å²) in [6.45, 7) is 9.12. The average molecular weight is 416 g/mol. The summed E-state index contributed by atoms with van der Waals surface area (Å²) in [5, 5.41) is 0.729. The molecule has 1 heterocycles. The topological polar surface area (TPSA) is 32.8 Å². The number of nitrogens with zero attached hydrogens (tertiary/aromatic N) is 2. The molecule has 1 spiro atoms. The first kappa shape index (κ1) is 18.0. The summed E-state index contributed by atoms with van der Waals surface area (Å²) in [6.07, 6.45) is 1.95. The maximum Gasteiger partial charge on any atom is 0.410 e. The zero-order valence-electron chi connectivity index (χ0n) is 14.4. The Morgan fingerprint density at radius 1 is 1.33 bits per heavy atom. The third-order valence-electron chi connectivity index (χ3n) is 4.56. The quantitative estimate of drug-likeness (QED) is 0.702. The van der Waals surface area contributed by atoms with Crippen molar-refractivity contribution < 1.29 is 9.53 Å². The van der Waals surface area contributed by atoms with Gasteiger partial charge >= 0.3 is 6.09 Å². The van der Waals surface area contributed by atoms with Crippen molar-refractivity contribution in [3.8, 4) is 0 Å². The minimum Gasteiger partial charge on any atom is -0.444 e. The van der Waals surface area contributed by atoms with Crippen LogP contribution in [0.2, 0.25) is 5.02 Å². The monoisotopic (exact) mass is 414 g/mol. The lowest BCUT2D eigenvalue weighted by Gasteiger charge is -2.42. The van der Waals surface area contributed by atoms with Crippen molar-refractivity contribution in [3.63, 3.8) is 0 Å². The van der Waals surface area contributed by atoms with Crippen molar-refractivity contribution in [2.75, 3.05) is 19.6 Å². The Morgan fingerprint density at radius 2 is 2.04 bits per heavy atom. The Labute approximate surface area is 157 Å². The molecule has 1 aliphatic carbocycles. The summed E-state index contributed by atoms with van der Waals surface area (Å²) in [6, 6.07) is 6.06. The molecule has 0 radical (unpaired) electrons. The van der Waals surface area contributed by atoms with E-state index in [1.54, 1.807) is 0 Å². The van der Waals surface area contributed by atoms with Gasteiger partial charge in [0.1, 0.15) is 5.60 Å². The first-order valence-electron chi connectivity index (χ1n) is 8.35. The molecule has 1 aromatic carbocycles. The maximum absolute atomic E-state index is 12.5. The number of ether oxygens (including phenoxy) is 1. The maximum atomic E-state index is 12.5. The molecule has 0 aromatic heterocycles. The second-order valence-corrected chi connectivity index (χ2v) is 9.08. The number of halogens is 2. The molecule has 3 rings (SSSR count). The molecule has 1 aromatic rings. The van der Waals surface area contributed by atoms with Gasteiger partial charge in [0.15, 0.2) is 0 Å². The predicted octanol–water partition coefficient (Wildman–Crippen LogP) is 4.69. The Kier molecular flexibility index (Phi) is 4.89. The van der Waals surface area contributed by atoms with Crippen LogP contribution in [0.5, 0.6) is 0 Å². The third kappa shape index (κ3) is 4.06. The molecule has 0 unspecified atom stereocenters. The Hall–Kier alpha value is -0.780. The lowest BCUT2D eigenvalue weighted by atomic mass is 10.1. The van der Waals surface area contributed by atoms with Gasteiger partial charge in [0.05, 0.1) is 10.6 Å². The Bertz CT molecular complexity index is 640. The van der Waals surface area contributed by atoms with Gasteiger partial charge in [-0.3, -0.25) is 9.80 Å². The highest BCUT2D eigenvalue weighted by molar-refractivity contribution is 9.10. The number of rotatable bonds is 2. The number of carbonyl (C=O) groups is 1. The second kappa shape index (κ2) is 6.50.